The number of hydrogen-bond donors (Lipinski definition) is 3. The van der Waals surface area contributed by atoms with Gasteiger partial charge in [-0.2, -0.15) is 0 Å². The molecule has 0 aliphatic heterocycles. The first-order valence-electron chi connectivity index (χ1n) is 10.5. The summed E-state index contributed by atoms with van der Waals surface area (Å²) >= 11 is 0. The number of aliphatic hydroxyl groups is 3. The van der Waals surface area contributed by atoms with E-state index in [9.17, 15) is 15.3 Å². The van der Waals surface area contributed by atoms with Gasteiger partial charge in [0.15, 0.2) is 0 Å². The molecule has 0 unspecified atom stereocenters. The summed E-state index contributed by atoms with van der Waals surface area (Å²) in [5.41, 5.74) is 0.586. The summed E-state index contributed by atoms with van der Waals surface area (Å²) in [4.78, 5) is 0. The second kappa shape index (κ2) is 5.81. The van der Waals surface area contributed by atoms with Crippen molar-refractivity contribution in [1.29, 1.82) is 0 Å². The SMILES string of the molecule is CC/C=C1/CC[C@H]2[C@@H]3C[C@@H](O)[C@@]4(O)C[C@@H](O)CC[C@]4(C)[C@H]3CC[C@]12C. The van der Waals surface area contributed by atoms with Crippen molar-refractivity contribution in [3.63, 3.8) is 0 Å². The Morgan fingerprint density at radius 2 is 1.84 bits per heavy atom. The largest absolute Gasteiger partial charge is 0.393 e. The molecule has 4 rings (SSSR count). The lowest BCUT2D eigenvalue weighted by Crippen LogP contribution is -2.68. The Bertz CT molecular complexity index is 572. The molecule has 3 heteroatoms. The van der Waals surface area contributed by atoms with Crippen molar-refractivity contribution in [3.05, 3.63) is 11.6 Å². The van der Waals surface area contributed by atoms with Gasteiger partial charge in [-0.3, -0.25) is 0 Å². The van der Waals surface area contributed by atoms with Crippen molar-refractivity contribution in [3.8, 4) is 0 Å². The summed E-state index contributed by atoms with van der Waals surface area (Å²) in [7, 11) is 0. The van der Waals surface area contributed by atoms with Crippen LogP contribution in [0.5, 0.6) is 0 Å². The molecule has 8 atom stereocenters. The van der Waals surface area contributed by atoms with Gasteiger partial charge in [0.1, 0.15) is 0 Å². The van der Waals surface area contributed by atoms with E-state index < -0.39 is 17.8 Å². The molecule has 142 valence electrons. The Labute approximate surface area is 152 Å². The normalized spacial score (nSPS) is 57.0. The van der Waals surface area contributed by atoms with E-state index in [1.165, 1.54) is 19.3 Å². The molecule has 4 aliphatic carbocycles. The van der Waals surface area contributed by atoms with Gasteiger partial charge in [-0.25, -0.2) is 0 Å². The quantitative estimate of drug-likeness (QED) is 0.632. The van der Waals surface area contributed by atoms with Crippen molar-refractivity contribution >= 4 is 0 Å². The topological polar surface area (TPSA) is 60.7 Å². The summed E-state index contributed by atoms with van der Waals surface area (Å²) in [6.07, 6.45) is 9.88. The number of aliphatic hydroxyl groups excluding tert-OH is 2. The van der Waals surface area contributed by atoms with Crippen LogP contribution < -0.4 is 0 Å². The fraction of sp³-hybridized carbons (Fsp3) is 0.909. The summed E-state index contributed by atoms with van der Waals surface area (Å²) in [5, 5.41) is 32.6. The van der Waals surface area contributed by atoms with Gasteiger partial charge >= 0.3 is 0 Å². The third kappa shape index (κ3) is 2.28. The van der Waals surface area contributed by atoms with Gasteiger partial charge in [0.2, 0.25) is 0 Å². The summed E-state index contributed by atoms with van der Waals surface area (Å²) in [6.45, 7) is 6.90. The minimum atomic E-state index is -1.11. The lowest BCUT2D eigenvalue weighted by atomic mass is 9.43. The number of fused-ring (bicyclic) bond motifs is 5. The average molecular weight is 349 g/mol. The van der Waals surface area contributed by atoms with Crippen LogP contribution in [-0.4, -0.2) is 33.1 Å². The van der Waals surface area contributed by atoms with Gasteiger partial charge in [-0.15, -0.1) is 0 Å². The molecule has 3 N–H and O–H groups in total. The molecule has 25 heavy (non-hydrogen) atoms. The van der Waals surface area contributed by atoms with Crippen molar-refractivity contribution in [2.24, 2.45) is 28.6 Å². The fourth-order valence-corrected chi connectivity index (χ4v) is 7.69. The molecule has 0 radical (unpaired) electrons. The van der Waals surface area contributed by atoms with Crippen LogP contribution in [0.3, 0.4) is 0 Å². The zero-order chi connectivity index (χ0) is 18.0. The van der Waals surface area contributed by atoms with Gasteiger partial charge < -0.3 is 15.3 Å². The van der Waals surface area contributed by atoms with E-state index in [-0.39, 0.29) is 5.41 Å². The van der Waals surface area contributed by atoms with Gasteiger partial charge in [-0.1, -0.05) is 32.4 Å². The molecule has 0 heterocycles. The van der Waals surface area contributed by atoms with Crippen LogP contribution in [-0.2, 0) is 0 Å². The third-order valence-electron chi connectivity index (χ3n) is 9.13. The lowest BCUT2D eigenvalue weighted by Gasteiger charge is -2.65. The standard InChI is InChI=1S/C22H36O3/c1-4-5-14-6-7-17-16-12-19(24)22(25)13-15(23)8-11-21(22,3)18(16)9-10-20(14,17)2/h5,15-19,23-25H,4,6-13H2,1-3H3/b14-5-/t15-,16-,17-,18-,19+,20+,21+,22-/m0/s1. The number of allylic oxidation sites excluding steroid dienone is 2. The van der Waals surface area contributed by atoms with E-state index in [1.807, 2.05) is 0 Å². The minimum Gasteiger partial charge on any atom is -0.393 e. The molecule has 0 spiro atoms. The van der Waals surface area contributed by atoms with E-state index in [4.69, 9.17) is 0 Å². The highest BCUT2D eigenvalue weighted by Crippen LogP contribution is 2.68. The maximum atomic E-state index is 11.4. The summed E-state index contributed by atoms with van der Waals surface area (Å²) < 4.78 is 0. The first kappa shape index (κ1) is 18.0. The smallest absolute Gasteiger partial charge is 0.0985 e. The maximum Gasteiger partial charge on any atom is 0.0985 e. The maximum absolute atomic E-state index is 11.4. The molecule has 0 bridgehead atoms. The van der Waals surface area contributed by atoms with Crippen molar-refractivity contribution in [2.75, 3.05) is 0 Å². The fourth-order valence-electron chi connectivity index (χ4n) is 7.69. The van der Waals surface area contributed by atoms with Crippen LogP contribution in [0.1, 0.15) is 78.6 Å². The van der Waals surface area contributed by atoms with E-state index in [0.717, 1.165) is 25.7 Å². The molecular weight excluding hydrogens is 312 g/mol. The van der Waals surface area contributed by atoms with Crippen LogP contribution >= 0.6 is 0 Å². The molecule has 4 aliphatic rings. The zero-order valence-corrected chi connectivity index (χ0v) is 16.2. The first-order chi connectivity index (χ1) is 11.8. The monoisotopic (exact) mass is 348 g/mol. The van der Waals surface area contributed by atoms with Crippen LogP contribution in [0.15, 0.2) is 11.6 Å². The van der Waals surface area contributed by atoms with Crippen molar-refractivity contribution in [1.82, 2.24) is 0 Å². The van der Waals surface area contributed by atoms with Crippen LogP contribution in [0.2, 0.25) is 0 Å². The van der Waals surface area contributed by atoms with Crippen LogP contribution in [0, 0.1) is 28.6 Å². The van der Waals surface area contributed by atoms with Gasteiger partial charge in [0.25, 0.3) is 0 Å². The molecule has 3 nitrogen and oxygen atoms in total. The first-order valence-corrected chi connectivity index (χ1v) is 10.5. The number of rotatable bonds is 1. The Morgan fingerprint density at radius 3 is 2.56 bits per heavy atom. The highest BCUT2D eigenvalue weighted by Gasteiger charge is 2.66. The minimum absolute atomic E-state index is 0.257. The molecule has 0 aromatic heterocycles. The lowest BCUT2D eigenvalue weighted by molar-refractivity contribution is -0.262. The van der Waals surface area contributed by atoms with Crippen molar-refractivity contribution < 1.29 is 15.3 Å². The second-order valence-electron chi connectivity index (χ2n) is 10.00. The van der Waals surface area contributed by atoms with Crippen LogP contribution in [0.4, 0.5) is 0 Å². The molecule has 0 saturated heterocycles. The Balaban J connectivity index is 1.70. The summed E-state index contributed by atoms with van der Waals surface area (Å²) in [6, 6.07) is 0. The highest BCUT2D eigenvalue weighted by atomic mass is 16.3. The zero-order valence-electron chi connectivity index (χ0n) is 16.2. The Kier molecular flexibility index (Phi) is 4.18. The van der Waals surface area contributed by atoms with E-state index in [2.05, 4.69) is 26.8 Å². The van der Waals surface area contributed by atoms with Crippen molar-refractivity contribution in [2.45, 2.75) is 96.4 Å². The average Bonchev–Trinajstić information content (AvgIpc) is 2.88. The van der Waals surface area contributed by atoms with Gasteiger partial charge in [-0.05, 0) is 74.5 Å². The molecule has 4 saturated carbocycles. The number of hydrogen-bond acceptors (Lipinski definition) is 3. The summed E-state index contributed by atoms with van der Waals surface area (Å²) in [5.74, 6) is 1.64. The molecule has 4 fully saturated rings. The van der Waals surface area contributed by atoms with Gasteiger partial charge in [0.05, 0.1) is 17.8 Å². The third-order valence-corrected chi connectivity index (χ3v) is 9.13. The predicted molar refractivity (Wildman–Crippen MR) is 99.0 cm³/mol. The second-order valence-corrected chi connectivity index (χ2v) is 10.00. The molecule has 0 aromatic rings. The Morgan fingerprint density at radius 1 is 1.08 bits per heavy atom. The molecule has 0 aromatic carbocycles. The van der Waals surface area contributed by atoms with E-state index in [1.54, 1.807) is 5.57 Å². The van der Waals surface area contributed by atoms with Crippen LogP contribution in [0.25, 0.3) is 0 Å². The predicted octanol–water partition coefficient (Wildman–Crippen LogP) is 3.81. The Hall–Kier alpha value is -0.380. The highest BCUT2D eigenvalue weighted by molar-refractivity contribution is 5.25. The molecule has 0 amide bonds. The van der Waals surface area contributed by atoms with E-state index in [0.29, 0.717) is 36.0 Å². The van der Waals surface area contributed by atoms with E-state index >= 15 is 0 Å². The van der Waals surface area contributed by atoms with Gasteiger partial charge in [0, 0.05) is 11.8 Å². The molecular formula is C22H36O3.